The fourth-order valence-corrected chi connectivity index (χ4v) is 2.24. The number of nitrogens with zero attached hydrogens (tertiary/aromatic N) is 1. The molecule has 0 spiro atoms. The first-order chi connectivity index (χ1) is 11.9. The van der Waals surface area contributed by atoms with Crippen LogP contribution in [-0.4, -0.2) is 11.0 Å². The number of phenols is 1. The Morgan fingerprint density at radius 1 is 1.24 bits per heavy atom. The number of carbonyl (C=O) groups is 1. The molecule has 0 fully saturated rings. The quantitative estimate of drug-likeness (QED) is 0.415. The molecule has 0 saturated carbocycles. The van der Waals surface area contributed by atoms with E-state index in [1.165, 1.54) is 24.4 Å². The molecule has 1 amide bonds. The van der Waals surface area contributed by atoms with Crippen LogP contribution in [0.25, 0.3) is 0 Å². The summed E-state index contributed by atoms with van der Waals surface area (Å²) in [6.07, 6.45) is 1.23. The highest BCUT2D eigenvalue weighted by atomic mass is 35.5. The second-order valence-corrected chi connectivity index (χ2v) is 6.14. The van der Waals surface area contributed by atoms with Crippen LogP contribution in [0.5, 0.6) is 5.75 Å². The van der Waals surface area contributed by atoms with Gasteiger partial charge >= 0.3 is 0 Å². The molecule has 0 unspecified atom stereocenters. The Morgan fingerprint density at radius 3 is 2.52 bits per heavy atom. The van der Waals surface area contributed by atoms with E-state index in [2.05, 4.69) is 24.5 Å². The Balaban J connectivity index is 2.10. The van der Waals surface area contributed by atoms with Crippen LogP contribution in [0.3, 0.4) is 0 Å². The molecule has 0 heterocycles. The normalized spacial score (nSPS) is 11.1. The van der Waals surface area contributed by atoms with Gasteiger partial charge in [-0.3, -0.25) is 4.79 Å². The van der Waals surface area contributed by atoms with Crippen molar-refractivity contribution in [2.45, 2.75) is 19.8 Å². The Hall–Kier alpha value is -2.97. The number of benzene rings is 2. The molecule has 0 aromatic heterocycles. The van der Waals surface area contributed by atoms with Crippen molar-refractivity contribution in [3.8, 4) is 11.8 Å². The maximum Gasteiger partial charge on any atom is 0.267 e. The predicted octanol–water partition coefficient (Wildman–Crippen LogP) is 4.63. The Bertz CT molecular complexity index is 837. The molecule has 2 aromatic carbocycles. The van der Waals surface area contributed by atoms with E-state index in [0.717, 1.165) is 5.56 Å². The fraction of sp³-hybridized carbons (Fsp3) is 0.158. The van der Waals surface area contributed by atoms with Gasteiger partial charge in [-0.2, -0.15) is 5.26 Å². The second-order valence-electron chi connectivity index (χ2n) is 5.71. The van der Waals surface area contributed by atoms with E-state index in [0.29, 0.717) is 22.3 Å². The molecule has 0 aliphatic carbocycles. The summed E-state index contributed by atoms with van der Waals surface area (Å²) < 4.78 is 0. The Morgan fingerprint density at radius 2 is 1.92 bits per heavy atom. The zero-order valence-electron chi connectivity index (χ0n) is 13.9. The number of phenolic OH excluding ortho intramolecular Hbond substituents is 1. The van der Waals surface area contributed by atoms with E-state index in [4.69, 9.17) is 11.6 Å². The lowest BCUT2D eigenvalue weighted by Crippen LogP contribution is -2.14. The van der Waals surface area contributed by atoms with Gasteiger partial charge in [0.25, 0.3) is 5.91 Å². The van der Waals surface area contributed by atoms with Gasteiger partial charge in [0.1, 0.15) is 17.4 Å². The van der Waals surface area contributed by atoms with Gasteiger partial charge in [0.05, 0.1) is 5.69 Å². The summed E-state index contributed by atoms with van der Waals surface area (Å²) in [4.78, 5) is 12.2. The highest BCUT2D eigenvalue weighted by Crippen LogP contribution is 2.26. The maximum absolute atomic E-state index is 12.2. The number of rotatable bonds is 5. The summed E-state index contributed by atoms with van der Waals surface area (Å²) >= 11 is 5.85. The summed E-state index contributed by atoms with van der Waals surface area (Å²) in [6, 6.07) is 13.7. The summed E-state index contributed by atoms with van der Waals surface area (Å²) in [5, 5.41) is 24.7. The van der Waals surface area contributed by atoms with E-state index >= 15 is 0 Å². The molecule has 0 radical (unpaired) electrons. The van der Waals surface area contributed by atoms with Gasteiger partial charge in [0.2, 0.25) is 0 Å². The van der Waals surface area contributed by atoms with Crippen LogP contribution < -0.4 is 10.6 Å². The summed E-state index contributed by atoms with van der Waals surface area (Å²) in [7, 11) is 0. The average Bonchev–Trinajstić information content (AvgIpc) is 2.58. The smallest absolute Gasteiger partial charge is 0.267 e. The lowest BCUT2D eigenvalue weighted by atomic mass is 10.0. The highest BCUT2D eigenvalue weighted by molar-refractivity contribution is 6.30. The maximum atomic E-state index is 12.2. The van der Waals surface area contributed by atoms with Crippen LogP contribution >= 0.6 is 11.6 Å². The molecule has 0 saturated heterocycles. The van der Waals surface area contributed by atoms with Crippen molar-refractivity contribution < 1.29 is 9.90 Å². The van der Waals surface area contributed by atoms with Crippen molar-refractivity contribution in [1.82, 2.24) is 0 Å². The molecule has 3 N–H and O–H groups in total. The van der Waals surface area contributed by atoms with Crippen molar-refractivity contribution in [2.24, 2.45) is 0 Å². The number of halogens is 1. The molecule has 0 aliphatic heterocycles. The number of amides is 1. The molecule has 0 atom stereocenters. The van der Waals surface area contributed by atoms with Crippen molar-refractivity contribution in [2.75, 3.05) is 10.6 Å². The average molecular weight is 356 g/mol. The van der Waals surface area contributed by atoms with E-state index in [1.54, 1.807) is 12.1 Å². The first-order valence-electron chi connectivity index (χ1n) is 7.67. The Labute approximate surface area is 151 Å². The number of hydrogen-bond acceptors (Lipinski definition) is 4. The molecule has 128 valence electrons. The molecule has 0 bridgehead atoms. The fourth-order valence-electron chi connectivity index (χ4n) is 2.07. The molecular formula is C19H18ClN3O2. The summed E-state index contributed by atoms with van der Waals surface area (Å²) in [6.45, 7) is 4.17. The minimum Gasteiger partial charge on any atom is -0.506 e. The van der Waals surface area contributed by atoms with Crippen molar-refractivity contribution >= 4 is 28.9 Å². The third-order valence-electron chi connectivity index (χ3n) is 3.53. The number of nitriles is 1. The second kappa shape index (κ2) is 8.22. The lowest BCUT2D eigenvalue weighted by molar-refractivity contribution is -0.112. The van der Waals surface area contributed by atoms with Gasteiger partial charge in [-0.05, 0) is 41.8 Å². The monoisotopic (exact) mass is 355 g/mol. The standard InChI is InChI=1S/C19H18ClN3O2/c1-12(2)13-3-6-16(7-4-13)23-19(25)14(10-21)11-22-17-9-15(20)5-8-18(17)24/h3-9,11-12,22,24H,1-2H3,(H,23,25)/b14-11-. The highest BCUT2D eigenvalue weighted by Gasteiger charge is 2.10. The van der Waals surface area contributed by atoms with E-state index < -0.39 is 5.91 Å². The largest absolute Gasteiger partial charge is 0.506 e. The minimum atomic E-state index is -0.547. The molecule has 6 heteroatoms. The van der Waals surface area contributed by atoms with Gasteiger partial charge in [-0.1, -0.05) is 37.6 Å². The molecule has 25 heavy (non-hydrogen) atoms. The van der Waals surface area contributed by atoms with Crippen molar-refractivity contribution in [1.29, 1.82) is 5.26 Å². The number of aromatic hydroxyl groups is 1. The van der Waals surface area contributed by atoms with Gasteiger partial charge in [-0.25, -0.2) is 0 Å². The first kappa shape index (κ1) is 18.4. The number of hydrogen-bond donors (Lipinski definition) is 3. The van der Waals surface area contributed by atoms with Gasteiger partial charge in [0, 0.05) is 16.9 Å². The lowest BCUT2D eigenvalue weighted by Gasteiger charge is -2.09. The molecule has 2 aromatic rings. The van der Waals surface area contributed by atoms with Crippen molar-refractivity contribution in [3.05, 3.63) is 64.8 Å². The Kier molecular flexibility index (Phi) is 6.04. The minimum absolute atomic E-state index is 0.0392. The van der Waals surface area contributed by atoms with Crippen LogP contribution in [0.1, 0.15) is 25.3 Å². The van der Waals surface area contributed by atoms with Crippen LogP contribution in [0, 0.1) is 11.3 Å². The van der Waals surface area contributed by atoms with E-state index in [1.807, 2.05) is 18.2 Å². The summed E-state index contributed by atoms with van der Waals surface area (Å²) in [5.74, 6) is -0.190. The zero-order valence-corrected chi connectivity index (χ0v) is 14.6. The summed E-state index contributed by atoms with van der Waals surface area (Å²) in [5.41, 5.74) is 1.93. The third kappa shape index (κ3) is 5.00. The number of nitrogens with one attached hydrogen (secondary N) is 2. The number of carbonyl (C=O) groups excluding carboxylic acids is 1. The SMILES string of the molecule is CC(C)c1ccc(NC(=O)/C(C#N)=C\Nc2cc(Cl)ccc2O)cc1. The molecule has 0 aliphatic rings. The zero-order chi connectivity index (χ0) is 18.4. The molecular weight excluding hydrogens is 338 g/mol. The van der Waals surface area contributed by atoms with Crippen LogP contribution in [0.2, 0.25) is 5.02 Å². The van der Waals surface area contributed by atoms with Crippen LogP contribution in [0.15, 0.2) is 54.2 Å². The molecule has 5 nitrogen and oxygen atoms in total. The van der Waals surface area contributed by atoms with E-state index in [-0.39, 0.29) is 11.3 Å². The van der Waals surface area contributed by atoms with E-state index in [9.17, 15) is 15.2 Å². The topological polar surface area (TPSA) is 85.2 Å². The third-order valence-corrected chi connectivity index (χ3v) is 3.77. The van der Waals surface area contributed by atoms with Crippen LogP contribution in [-0.2, 0) is 4.79 Å². The number of anilines is 2. The van der Waals surface area contributed by atoms with Gasteiger partial charge in [0.15, 0.2) is 0 Å². The van der Waals surface area contributed by atoms with Crippen LogP contribution in [0.4, 0.5) is 11.4 Å². The van der Waals surface area contributed by atoms with Gasteiger partial charge < -0.3 is 15.7 Å². The molecule has 2 rings (SSSR count). The van der Waals surface area contributed by atoms with Crippen molar-refractivity contribution in [3.63, 3.8) is 0 Å². The van der Waals surface area contributed by atoms with Gasteiger partial charge in [-0.15, -0.1) is 0 Å². The first-order valence-corrected chi connectivity index (χ1v) is 8.05. The predicted molar refractivity (Wildman–Crippen MR) is 99.6 cm³/mol.